The number of nitrogens with zero attached hydrogens (tertiary/aromatic N) is 1. The van der Waals surface area contributed by atoms with E-state index in [1.54, 1.807) is 6.07 Å². The third-order valence-corrected chi connectivity index (χ3v) is 4.77. The highest BCUT2D eigenvalue weighted by atomic mass is 35.5. The summed E-state index contributed by atoms with van der Waals surface area (Å²) in [6.45, 7) is 4.38. The van der Waals surface area contributed by atoms with Gasteiger partial charge in [0, 0.05) is 34.3 Å². The van der Waals surface area contributed by atoms with Gasteiger partial charge < -0.3 is 14.8 Å². The molecular weight excluding hydrogens is 362 g/mol. The van der Waals surface area contributed by atoms with Gasteiger partial charge in [-0.3, -0.25) is 4.79 Å². The highest BCUT2D eigenvalue weighted by Gasteiger charge is 2.13. The number of rotatable bonds is 4. The molecule has 0 radical (unpaired) electrons. The summed E-state index contributed by atoms with van der Waals surface area (Å²) in [5.41, 5.74) is 5.23. The van der Waals surface area contributed by atoms with E-state index in [-0.39, 0.29) is 5.56 Å². The van der Waals surface area contributed by atoms with Crippen molar-refractivity contribution in [1.82, 2.24) is 10.1 Å². The van der Waals surface area contributed by atoms with Gasteiger partial charge in [-0.25, -0.2) is 0 Å². The van der Waals surface area contributed by atoms with Crippen LogP contribution in [0.15, 0.2) is 57.8 Å². The fourth-order valence-corrected chi connectivity index (χ4v) is 3.51. The first-order valence-electron chi connectivity index (χ1n) is 8.60. The van der Waals surface area contributed by atoms with Crippen LogP contribution in [0.4, 0.5) is 5.69 Å². The number of fused-ring (bicyclic) bond motifs is 1. The lowest BCUT2D eigenvalue weighted by molar-refractivity contribution is 0.393. The van der Waals surface area contributed by atoms with Gasteiger partial charge in [0.2, 0.25) is 5.56 Å². The Bertz CT molecular complexity index is 1170. The van der Waals surface area contributed by atoms with E-state index in [9.17, 15) is 4.79 Å². The summed E-state index contributed by atoms with van der Waals surface area (Å²) in [6, 6.07) is 15.1. The van der Waals surface area contributed by atoms with E-state index < -0.39 is 0 Å². The second-order valence-corrected chi connectivity index (χ2v) is 6.93. The van der Waals surface area contributed by atoms with Crippen LogP contribution in [0.25, 0.3) is 22.0 Å². The summed E-state index contributed by atoms with van der Waals surface area (Å²) >= 11 is 6.06. The highest BCUT2D eigenvalue weighted by Crippen LogP contribution is 2.31. The third-order valence-electron chi connectivity index (χ3n) is 4.54. The molecule has 136 valence electrons. The molecule has 0 amide bonds. The fourth-order valence-electron chi connectivity index (χ4n) is 3.29. The predicted octanol–water partition coefficient (Wildman–Crippen LogP) is 5.07. The molecular formula is C21H18ClN3O2. The van der Waals surface area contributed by atoms with Gasteiger partial charge in [-0.2, -0.15) is 0 Å². The Hall–Kier alpha value is -3.05. The van der Waals surface area contributed by atoms with Crippen LogP contribution >= 0.6 is 11.6 Å². The van der Waals surface area contributed by atoms with E-state index >= 15 is 0 Å². The molecule has 4 aromatic rings. The first-order valence-corrected chi connectivity index (χ1v) is 8.98. The number of pyridine rings is 1. The van der Waals surface area contributed by atoms with Gasteiger partial charge in [-0.05, 0) is 49.2 Å². The minimum absolute atomic E-state index is 0.152. The number of H-pyrrole nitrogens is 1. The number of aryl methyl sites for hydroxylation is 2. The largest absolute Gasteiger partial charge is 0.380 e. The summed E-state index contributed by atoms with van der Waals surface area (Å²) in [5, 5.41) is 9.00. The molecule has 6 heteroatoms. The average Bonchev–Trinajstić information content (AvgIpc) is 2.98. The van der Waals surface area contributed by atoms with Crippen molar-refractivity contribution >= 4 is 28.2 Å². The van der Waals surface area contributed by atoms with Crippen molar-refractivity contribution in [2.24, 2.45) is 0 Å². The van der Waals surface area contributed by atoms with Crippen LogP contribution in [0.1, 0.15) is 17.0 Å². The molecule has 0 spiro atoms. The highest BCUT2D eigenvalue weighted by molar-refractivity contribution is 6.30. The van der Waals surface area contributed by atoms with Gasteiger partial charge in [-0.1, -0.05) is 35.0 Å². The number of hydrogen-bond donors (Lipinski definition) is 2. The van der Waals surface area contributed by atoms with E-state index in [4.69, 9.17) is 16.1 Å². The Morgan fingerprint density at radius 2 is 2.00 bits per heavy atom. The number of halogens is 1. The quantitative estimate of drug-likeness (QED) is 0.519. The van der Waals surface area contributed by atoms with Crippen LogP contribution in [-0.4, -0.2) is 10.1 Å². The van der Waals surface area contributed by atoms with Crippen LogP contribution in [0.5, 0.6) is 0 Å². The molecule has 0 aliphatic carbocycles. The lowest BCUT2D eigenvalue weighted by Crippen LogP contribution is -2.08. The normalized spacial score (nSPS) is 11.1. The summed E-state index contributed by atoms with van der Waals surface area (Å²) < 4.78 is 5.29. The molecule has 2 aromatic heterocycles. The van der Waals surface area contributed by atoms with E-state index in [2.05, 4.69) is 15.5 Å². The van der Waals surface area contributed by atoms with E-state index in [1.165, 1.54) is 0 Å². The maximum atomic E-state index is 12.0. The number of nitrogens with one attached hydrogen (secondary N) is 2. The van der Waals surface area contributed by atoms with E-state index in [0.717, 1.165) is 44.7 Å². The first-order chi connectivity index (χ1) is 13.0. The maximum Gasteiger partial charge on any atom is 0.250 e. The number of aromatic nitrogens is 2. The molecule has 4 rings (SSSR count). The molecule has 0 aliphatic rings. The van der Waals surface area contributed by atoms with Crippen LogP contribution in [0.2, 0.25) is 5.02 Å². The summed E-state index contributed by atoms with van der Waals surface area (Å²) in [4.78, 5) is 14.9. The Morgan fingerprint density at radius 1 is 1.15 bits per heavy atom. The Labute approximate surface area is 161 Å². The smallest absolute Gasteiger partial charge is 0.250 e. The second-order valence-electron chi connectivity index (χ2n) is 6.49. The molecule has 0 saturated heterocycles. The average molecular weight is 380 g/mol. The molecule has 0 fully saturated rings. The van der Waals surface area contributed by atoms with Gasteiger partial charge >= 0.3 is 0 Å². The van der Waals surface area contributed by atoms with Crippen molar-refractivity contribution in [3.05, 3.63) is 80.9 Å². The van der Waals surface area contributed by atoms with Gasteiger partial charge in [0.25, 0.3) is 0 Å². The summed E-state index contributed by atoms with van der Waals surface area (Å²) in [5.74, 6) is 0.768. The van der Waals surface area contributed by atoms with Crippen molar-refractivity contribution in [2.45, 2.75) is 20.4 Å². The van der Waals surface area contributed by atoms with Crippen molar-refractivity contribution in [3.63, 3.8) is 0 Å². The molecule has 0 unspecified atom stereocenters. The topological polar surface area (TPSA) is 70.9 Å². The fraction of sp³-hybridized carbons (Fsp3) is 0.143. The third kappa shape index (κ3) is 3.46. The van der Waals surface area contributed by atoms with Crippen molar-refractivity contribution in [2.75, 3.05) is 5.32 Å². The number of benzene rings is 2. The Morgan fingerprint density at radius 3 is 2.74 bits per heavy atom. The van der Waals surface area contributed by atoms with Crippen LogP contribution in [0, 0.1) is 13.8 Å². The zero-order valence-corrected chi connectivity index (χ0v) is 15.7. The molecule has 2 heterocycles. The molecule has 27 heavy (non-hydrogen) atoms. The van der Waals surface area contributed by atoms with Crippen LogP contribution in [0.3, 0.4) is 0 Å². The van der Waals surface area contributed by atoms with Gasteiger partial charge in [0.15, 0.2) is 0 Å². The monoisotopic (exact) mass is 379 g/mol. The molecule has 0 saturated carbocycles. The number of hydrogen-bond acceptors (Lipinski definition) is 4. The summed E-state index contributed by atoms with van der Waals surface area (Å²) in [7, 11) is 0. The summed E-state index contributed by atoms with van der Waals surface area (Å²) in [6.07, 6.45) is 0. The van der Waals surface area contributed by atoms with Gasteiger partial charge in [-0.15, -0.1) is 0 Å². The maximum absolute atomic E-state index is 12.0. The lowest BCUT2D eigenvalue weighted by atomic mass is 10.0. The van der Waals surface area contributed by atoms with Crippen molar-refractivity contribution in [3.8, 4) is 11.1 Å². The molecule has 2 N–H and O–H groups in total. The Balaban J connectivity index is 1.77. The minimum Gasteiger partial charge on any atom is -0.380 e. The standard InChI is InChI=1S/C21H18ClN3O2/c1-12-21(13(2)27-25-12)15-6-7-18-17(9-15)19(10-20(26)24-18)23-11-14-4-3-5-16(22)8-14/h3-10H,11H2,1-2H3,(H2,23,24,26). The molecule has 0 bridgehead atoms. The zero-order chi connectivity index (χ0) is 19.0. The first kappa shape index (κ1) is 17.4. The second kappa shape index (κ2) is 6.93. The minimum atomic E-state index is -0.152. The van der Waals surface area contributed by atoms with Crippen LogP contribution in [-0.2, 0) is 6.54 Å². The SMILES string of the molecule is Cc1noc(C)c1-c1ccc2[nH]c(=O)cc(NCc3cccc(Cl)c3)c2c1. The van der Waals surface area contributed by atoms with Crippen molar-refractivity contribution < 1.29 is 4.52 Å². The molecule has 0 aliphatic heterocycles. The predicted molar refractivity (Wildman–Crippen MR) is 108 cm³/mol. The molecule has 2 aromatic carbocycles. The van der Waals surface area contributed by atoms with Crippen molar-refractivity contribution in [1.29, 1.82) is 0 Å². The van der Waals surface area contributed by atoms with Gasteiger partial charge in [0.1, 0.15) is 5.76 Å². The lowest BCUT2D eigenvalue weighted by Gasteiger charge is -2.11. The number of aromatic amines is 1. The molecule has 0 atom stereocenters. The Kier molecular flexibility index (Phi) is 4.46. The van der Waals surface area contributed by atoms with E-state index in [0.29, 0.717) is 11.6 Å². The van der Waals surface area contributed by atoms with E-state index in [1.807, 2.05) is 56.3 Å². The molecule has 5 nitrogen and oxygen atoms in total. The zero-order valence-electron chi connectivity index (χ0n) is 15.0. The van der Waals surface area contributed by atoms with Gasteiger partial charge in [0.05, 0.1) is 11.2 Å². The van der Waals surface area contributed by atoms with Crippen LogP contribution < -0.4 is 10.9 Å². The number of anilines is 1.